The van der Waals surface area contributed by atoms with Crippen molar-refractivity contribution >= 4 is 16.7 Å². The molecule has 20 heavy (non-hydrogen) atoms. The molecule has 0 saturated carbocycles. The number of hydrogen-bond donors (Lipinski definition) is 1. The van der Waals surface area contributed by atoms with Gasteiger partial charge in [-0.05, 0) is 36.2 Å². The molecule has 2 rings (SSSR count). The number of carbonyl (C=O) groups is 1. The molecule has 0 aromatic heterocycles. The molecule has 0 aliphatic rings. The second kappa shape index (κ2) is 6.42. The van der Waals surface area contributed by atoms with Crippen LogP contribution < -0.4 is 10.1 Å². The molecule has 0 saturated heterocycles. The van der Waals surface area contributed by atoms with Gasteiger partial charge in [-0.25, -0.2) is 0 Å². The number of ether oxygens (including phenoxy) is 1. The summed E-state index contributed by atoms with van der Waals surface area (Å²) in [6, 6.07) is 11.9. The van der Waals surface area contributed by atoms with Crippen molar-refractivity contribution in [3.63, 3.8) is 0 Å². The molecular formula is C17H21NO2. The van der Waals surface area contributed by atoms with Crippen molar-refractivity contribution in [2.45, 2.75) is 32.7 Å². The molecule has 106 valence electrons. The Labute approximate surface area is 119 Å². The molecule has 1 amide bonds. The summed E-state index contributed by atoms with van der Waals surface area (Å²) in [5.41, 5.74) is 0.592. The van der Waals surface area contributed by atoms with E-state index in [2.05, 4.69) is 12.2 Å². The van der Waals surface area contributed by atoms with Crippen LogP contribution in [-0.4, -0.2) is 19.1 Å². The average molecular weight is 271 g/mol. The van der Waals surface area contributed by atoms with Crippen molar-refractivity contribution in [3.8, 4) is 5.75 Å². The lowest BCUT2D eigenvalue weighted by molar-refractivity contribution is 0.0935. The van der Waals surface area contributed by atoms with E-state index >= 15 is 0 Å². The highest BCUT2D eigenvalue weighted by Gasteiger charge is 2.15. The van der Waals surface area contributed by atoms with E-state index in [-0.39, 0.29) is 11.9 Å². The molecule has 0 aliphatic heterocycles. The number of nitrogens with one attached hydrogen (secondary N) is 1. The molecule has 1 N–H and O–H groups in total. The summed E-state index contributed by atoms with van der Waals surface area (Å²) in [6.45, 7) is 4.13. The number of fused-ring (bicyclic) bond motifs is 1. The van der Waals surface area contributed by atoms with Gasteiger partial charge in [0, 0.05) is 6.04 Å². The van der Waals surface area contributed by atoms with E-state index in [1.54, 1.807) is 7.11 Å². The molecule has 2 aromatic carbocycles. The van der Waals surface area contributed by atoms with Crippen LogP contribution in [0.4, 0.5) is 0 Å². The third kappa shape index (κ3) is 3.10. The zero-order valence-corrected chi connectivity index (χ0v) is 12.3. The Hall–Kier alpha value is -2.03. The van der Waals surface area contributed by atoms with E-state index < -0.39 is 0 Å². The Bertz CT molecular complexity index is 607. The van der Waals surface area contributed by atoms with Gasteiger partial charge in [0.1, 0.15) is 5.75 Å². The van der Waals surface area contributed by atoms with Gasteiger partial charge in [-0.15, -0.1) is 0 Å². The van der Waals surface area contributed by atoms with Crippen LogP contribution in [0.1, 0.15) is 37.0 Å². The van der Waals surface area contributed by atoms with Crippen molar-refractivity contribution in [1.29, 1.82) is 0 Å². The molecule has 0 bridgehead atoms. The minimum absolute atomic E-state index is 0.0754. The fraction of sp³-hybridized carbons (Fsp3) is 0.353. The number of rotatable bonds is 5. The van der Waals surface area contributed by atoms with Crippen LogP contribution >= 0.6 is 0 Å². The SMILES string of the molecule is CCCC(C)NC(=O)c1cc2ccccc2cc1OC. The third-order valence-corrected chi connectivity index (χ3v) is 3.41. The Morgan fingerprint density at radius 1 is 1.25 bits per heavy atom. The van der Waals surface area contributed by atoms with Crippen molar-refractivity contribution in [1.82, 2.24) is 5.32 Å². The van der Waals surface area contributed by atoms with Gasteiger partial charge in [0.15, 0.2) is 0 Å². The third-order valence-electron chi connectivity index (χ3n) is 3.41. The number of benzene rings is 2. The van der Waals surface area contributed by atoms with Gasteiger partial charge in [0.2, 0.25) is 0 Å². The minimum Gasteiger partial charge on any atom is -0.496 e. The van der Waals surface area contributed by atoms with E-state index in [4.69, 9.17) is 4.74 Å². The van der Waals surface area contributed by atoms with Crippen LogP contribution in [-0.2, 0) is 0 Å². The molecular weight excluding hydrogens is 250 g/mol. The Morgan fingerprint density at radius 3 is 2.50 bits per heavy atom. The summed E-state index contributed by atoms with van der Waals surface area (Å²) in [6.07, 6.45) is 2.03. The summed E-state index contributed by atoms with van der Waals surface area (Å²) in [5.74, 6) is 0.540. The predicted molar refractivity (Wildman–Crippen MR) is 82.3 cm³/mol. The lowest BCUT2D eigenvalue weighted by atomic mass is 10.0. The summed E-state index contributed by atoms with van der Waals surface area (Å²) < 4.78 is 5.36. The lowest BCUT2D eigenvalue weighted by Gasteiger charge is -2.15. The van der Waals surface area contributed by atoms with Gasteiger partial charge < -0.3 is 10.1 Å². The summed E-state index contributed by atoms with van der Waals surface area (Å²) in [7, 11) is 1.59. The van der Waals surface area contributed by atoms with Crippen molar-refractivity contribution in [3.05, 3.63) is 42.0 Å². The molecule has 0 spiro atoms. The van der Waals surface area contributed by atoms with E-state index in [0.717, 1.165) is 23.6 Å². The van der Waals surface area contributed by atoms with Crippen LogP contribution in [0.5, 0.6) is 5.75 Å². The van der Waals surface area contributed by atoms with Gasteiger partial charge in [-0.1, -0.05) is 37.6 Å². The number of hydrogen-bond acceptors (Lipinski definition) is 2. The zero-order valence-electron chi connectivity index (χ0n) is 12.3. The normalized spacial score (nSPS) is 12.2. The lowest BCUT2D eigenvalue weighted by Crippen LogP contribution is -2.32. The molecule has 1 atom stereocenters. The first-order valence-electron chi connectivity index (χ1n) is 7.03. The van der Waals surface area contributed by atoms with Gasteiger partial charge in [0.25, 0.3) is 5.91 Å². The number of methoxy groups -OCH3 is 1. The maximum atomic E-state index is 12.4. The predicted octanol–water partition coefficient (Wildman–Crippen LogP) is 3.77. The van der Waals surface area contributed by atoms with E-state index in [9.17, 15) is 4.79 Å². The molecule has 0 radical (unpaired) electrons. The standard InChI is InChI=1S/C17H21NO2/c1-4-7-12(2)18-17(19)15-10-13-8-5-6-9-14(13)11-16(15)20-3/h5-6,8-12H,4,7H2,1-3H3,(H,18,19). The molecule has 3 nitrogen and oxygen atoms in total. The first-order chi connectivity index (χ1) is 9.65. The van der Waals surface area contributed by atoms with Crippen molar-refractivity contribution in [2.75, 3.05) is 7.11 Å². The Balaban J connectivity index is 2.34. The van der Waals surface area contributed by atoms with E-state index in [1.165, 1.54) is 0 Å². The monoisotopic (exact) mass is 271 g/mol. The minimum atomic E-state index is -0.0754. The fourth-order valence-electron chi connectivity index (χ4n) is 2.37. The van der Waals surface area contributed by atoms with Crippen LogP contribution in [0, 0.1) is 0 Å². The van der Waals surface area contributed by atoms with Crippen LogP contribution in [0.2, 0.25) is 0 Å². The first kappa shape index (κ1) is 14.4. The van der Waals surface area contributed by atoms with Gasteiger partial charge in [-0.2, -0.15) is 0 Å². The van der Waals surface area contributed by atoms with Crippen LogP contribution in [0.25, 0.3) is 10.8 Å². The first-order valence-corrected chi connectivity index (χ1v) is 7.03. The molecule has 0 fully saturated rings. The van der Waals surface area contributed by atoms with E-state index in [0.29, 0.717) is 11.3 Å². The molecule has 0 aliphatic carbocycles. The average Bonchev–Trinajstić information content (AvgIpc) is 2.45. The summed E-state index contributed by atoms with van der Waals surface area (Å²) >= 11 is 0. The highest BCUT2D eigenvalue weighted by molar-refractivity contribution is 6.01. The number of carbonyl (C=O) groups excluding carboxylic acids is 1. The highest BCUT2D eigenvalue weighted by atomic mass is 16.5. The largest absolute Gasteiger partial charge is 0.496 e. The fourth-order valence-corrected chi connectivity index (χ4v) is 2.37. The zero-order chi connectivity index (χ0) is 14.5. The topological polar surface area (TPSA) is 38.3 Å². The quantitative estimate of drug-likeness (QED) is 0.899. The highest BCUT2D eigenvalue weighted by Crippen LogP contribution is 2.26. The smallest absolute Gasteiger partial charge is 0.255 e. The van der Waals surface area contributed by atoms with Crippen LogP contribution in [0.3, 0.4) is 0 Å². The van der Waals surface area contributed by atoms with Gasteiger partial charge >= 0.3 is 0 Å². The molecule has 2 aromatic rings. The number of amides is 1. The van der Waals surface area contributed by atoms with Crippen molar-refractivity contribution in [2.24, 2.45) is 0 Å². The Morgan fingerprint density at radius 2 is 1.90 bits per heavy atom. The maximum absolute atomic E-state index is 12.4. The van der Waals surface area contributed by atoms with Crippen LogP contribution in [0.15, 0.2) is 36.4 Å². The Kier molecular flexibility index (Phi) is 4.61. The molecule has 3 heteroatoms. The molecule has 0 heterocycles. The van der Waals surface area contributed by atoms with E-state index in [1.807, 2.05) is 43.3 Å². The van der Waals surface area contributed by atoms with Crippen molar-refractivity contribution < 1.29 is 9.53 Å². The van der Waals surface area contributed by atoms with Gasteiger partial charge in [0.05, 0.1) is 12.7 Å². The molecule has 1 unspecified atom stereocenters. The summed E-state index contributed by atoms with van der Waals surface area (Å²) in [5, 5.41) is 5.13. The van der Waals surface area contributed by atoms with Gasteiger partial charge in [-0.3, -0.25) is 4.79 Å². The second-order valence-electron chi connectivity index (χ2n) is 5.06. The maximum Gasteiger partial charge on any atom is 0.255 e. The summed E-state index contributed by atoms with van der Waals surface area (Å²) in [4.78, 5) is 12.4. The second-order valence-corrected chi connectivity index (χ2v) is 5.06.